The van der Waals surface area contributed by atoms with Gasteiger partial charge in [-0.2, -0.15) is 0 Å². The Morgan fingerprint density at radius 3 is 1.13 bits per heavy atom. The summed E-state index contributed by atoms with van der Waals surface area (Å²) in [4.78, 5) is 19.6. The van der Waals surface area contributed by atoms with Crippen molar-refractivity contribution in [3.63, 3.8) is 0 Å². The average Bonchev–Trinajstić information content (AvgIpc) is 1.27. The zero-order valence-electron chi connectivity index (χ0n) is 13.8. The molecule has 0 fully saturated rings. The third-order valence-electron chi connectivity index (χ3n) is 0.287. The molecule has 0 aliphatic carbocycles. The van der Waals surface area contributed by atoms with E-state index in [4.69, 9.17) is 0 Å². The quantitative estimate of drug-likeness (QED) is 0.249. The van der Waals surface area contributed by atoms with Crippen LogP contribution in [0.25, 0.3) is 0 Å². The number of halogens is 3. The monoisotopic (exact) mass is 344 g/mol. The van der Waals surface area contributed by atoms with Crippen LogP contribution in [-0.2, 0) is 14.3 Å². The van der Waals surface area contributed by atoms with Gasteiger partial charge < -0.3 is 47.7 Å². The predicted molar refractivity (Wildman–Crippen MR) is 38.4 cm³/mol. The molecule has 3 nitrogen and oxygen atoms in total. The van der Waals surface area contributed by atoms with Crippen molar-refractivity contribution in [2.45, 2.75) is 13.8 Å². The Bertz CT molecular complexity index is 131. The van der Waals surface area contributed by atoms with E-state index in [0.29, 0.717) is 0 Å². The van der Waals surface area contributed by atoms with Gasteiger partial charge in [0.25, 0.3) is 0 Å². The molecular formula is C4H10CaCl3KLiMgNaO3. The second-order valence-corrected chi connectivity index (χ2v) is 1.09. The van der Waals surface area contributed by atoms with E-state index < -0.39 is 11.9 Å². The molecule has 15 heavy (non-hydrogen) atoms. The molecular weight excluding hydrogens is 336 g/mol. The molecule has 0 aliphatic rings. The van der Waals surface area contributed by atoms with Crippen molar-refractivity contribution in [2.75, 3.05) is 0 Å². The second kappa shape index (κ2) is 42.7. The Hall–Kier alpha value is 5.27. The van der Waals surface area contributed by atoms with Crippen molar-refractivity contribution in [3.8, 4) is 0 Å². The van der Waals surface area contributed by atoms with E-state index in [9.17, 15) is 9.59 Å². The van der Waals surface area contributed by atoms with Gasteiger partial charge in [-0.15, -0.1) is 0 Å². The van der Waals surface area contributed by atoms with Gasteiger partial charge in [-0.1, -0.05) is 0 Å². The van der Waals surface area contributed by atoms with Crippen LogP contribution in [0.15, 0.2) is 0 Å². The molecule has 11 heteroatoms. The topological polar surface area (TPSA) is 43.4 Å². The van der Waals surface area contributed by atoms with Gasteiger partial charge in [0.1, 0.15) is 0 Å². The first-order valence-corrected chi connectivity index (χ1v) is 1.82. The minimum atomic E-state index is -0.562. The summed E-state index contributed by atoms with van der Waals surface area (Å²) in [6.07, 6.45) is 0. The van der Waals surface area contributed by atoms with Gasteiger partial charge >= 0.3 is 173 Å². The number of carbonyl (C=O) groups excluding carboxylic acids is 2. The number of rotatable bonds is 0. The molecule has 72 valence electrons. The maximum Gasteiger partial charge on any atom is 2.00 e. The van der Waals surface area contributed by atoms with Crippen molar-refractivity contribution in [3.05, 3.63) is 0 Å². The van der Waals surface area contributed by atoms with Crippen molar-refractivity contribution >= 4 is 72.7 Å². The molecule has 0 bridgehead atoms. The van der Waals surface area contributed by atoms with E-state index in [1.165, 1.54) is 13.8 Å². The Balaban J connectivity index is -0.00000000273. The molecule has 0 heterocycles. The third kappa shape index (κ3) is 66.9. The number of hydrogen-bond acceptors (Lipinski definition) is 3. The smallest absolute Gasteiger partial charge is 1.00 e. The summed E-state index contributed by atoms with van der Waals surface area (Å²) in [5.74, 6) is -1.12. The zero-order valence-corrected chi connectivity index (χ0v) is 20.8. The summed E-state index contributed by atoms with van der Waals surface area (Å²) in [5, 5.41) is 0. The van der Waals surface area contributed by atoms with Gasteiger partial charge in [-0.3, -0.25) is 9.59 Å². The minimum absolute atomic E-state index is 0. The Morgan fingerprint density at radius 2 is 1.13 bits per heavy atom. The maximum atomic E-state index is 9.81. The van der Waals surface area contributed by atoms with Gasteiger partial charge in [0, 0.05) is 13.8 Å². The summed E-state index contributed by atoms with van der Waals surface area (Å²) >= 11 is 0. The van der Waals surface area contributed by atoms with Crippen LogP contribution in [0.5, 0.6) is 0 Å². The van der Waals surface area contributed by atoms with Crippen LogP contribution in [0.4, 0.5) is 0 Å². The van der Waals surface area contributed by atoms with E-state index in [2.05, 4.69) is 4.74 Å². The largest absolute Gasteiger partial charge is 2.00 e. The molecule has 0 radical (unpaired) electrons. The summed E-state index contributed by atoms with van der Waals surface area (Å²) in [5.41, 5.74) is 0. The van der Waals surface area contributed by atoms with E-state index in [1.807, 2.05) is 0 Å². The summed E-state index contributed by atoms with van der Waals surface area (Å²) in [6.45, 7) is 2.36. The Labute approximate surface area is 238 Å². The number of esters is 2. The average molecular weight is 346 g/mol. The SMILES string of the molecule is CC(=O)OC(C)=O.[Ca+2].[Cl-].[Cl-].[Cl-].[H-].[H-].[H-].[H-].[K+].[Li+].[Mg+2].[Na+]. The van der Waals surface area contributed by atoms with E-state index in [0.717, 1.165) is 0 Å². The first-order valence-electron chi connectivity index (χ1n) is 1.82. The molecule has 0 atom stereocenters. The van der Waals surface area contributed by atoms with Crippen molar-refractivity contribution < 1.29 is 157 Å². The molecule has 0 aromatic heterocycles. The fourth-order valence-electron chi connectivity index (χ4n) is 0.202. The number of ether oxygens (including phenoxy) is 1. The van der Waals surface area contributed by atoms with Gasteiger partial charge in [0.05, 0.1) is 0 Å². The third-order valence-corrected chi connectivity index (χ3v) is 0.287. The predicted octanol–water partition coefficient (Wildman–Crippen LogP) is -18.2. The Kier molecular flexibility index (Phi) is 169. The first-order chi connectivity index (χ1) is 3.13. The molecule has 0 unspecified atom stereocenters. The molecule has 0 aromatic rings. The van der Waals surface area contributed by atoms with Crippen LogP contribution < -0.4 is 137 Å². The van der Waals surface area contributed by atoms with E-state index in [-0.39, 0.29) is 204 Å². The van der Waals surface area contributed by atoms with E-state index in [1.54, 1.807) is 0 Å². The van der Waals surface area contributed by atoms with Gasteiger partial charge in [0.15, 0.2) is 0 Å². The van der Waals surface area contributed by atoms with Crippen LogP contribution in [0.3, 0.4) is 0 Å². The summed E-state index contributed by atoms with van der Waals surface area (Å²) in [7, 11) is 0. The molecule has 0 amide bonds. The van der Waals surface area contributed by atoms with Crippen LogP contribution in [-0.4, -0.2) is 72.7 Å². The standard InChI is InChI=1S/C4H6O3.Ca.3ClH.K.Li.Mg.Na.4H/c1-3(5)7-4(2)6;;;;;;;;;;;;/h1-2H3;;3*1H;;;;;;;;/q;+2;;;;2*+1;+2;+1;4*-1/p-3. The normalized spacial score (nSPS) is 3.60. The van der Waals surface area contributed by atoms with Crippen LogP contribution in [0, 0.1) is 0 Å². The summed E-state index contributed by atoms with van der Waals surface area (Å²) < 4.78 is 3.97. The molecule has 0 spiro atoms. The number of hydrogen-bond donors (Lipinski definition) is 0. The van der Waals surface area contributed by atoms with Crippen LogP contribution in [0.2, 0.25) is 0 Å². The van der Waals surface area contributed by atoms with Crippen molar-refractivity contribution in [1.29, 1.82) is 0 Å². The van der Waals surface area contributed by atoms with Crippen LogP contribution >= 0.6 is 0 Å². The fourth-order valence-corrected chi connectivity index (χ4v) is 0.202. The van der Waals surface area contributed by atoms with Gasteiger partial charge in [-0.25, -0.2) is 0 Å². The second-order valence-electron chi connectivity index (χ2n) is 1.09. The summed E-state index contributed by atoms with van der Waals surface area (Å²) in [6, 6.07) is 0. The fraction of sp³-hybridized carbons (Fsp3) is 0.500. The maximum absolute atomic E-state index is 9.81. The molecule has 0 aliphatic heterocycles. The van der Waals surface area contributed by atoms with E-state index >= 15 is 0 Å². The van der Waals surface area contributed by atoms with Crippen molar-refractivity contribution in [1.82, 2.24) is 0 Å². The first kappa shape index (κ1) is 59.3. The van der Waals surface area contributed by atoms with Crippen LogP contribution in [0.1, 0.15) is 19.6 Å². The molecule has 0 saturated heterocycles. The molecule has 0 aromatic carbocycles. The zero-order chi connectivity index (χ0) is 5.86. The van der Waals surface area contributed by atoms with Crippen molar-refractivity contribution in [2.24, 2.45) is 0 Å². The molecule has 0 saturated carbocycles. The minimum Gasteiger partial charge on any atom is -1.00 e. The number of carbonyl (C=O) groups is 2. The van der Waals surface area contributed by atoms with Gasteiger partial charge in [0.2, 0.25) is 0 Å². The molecule has 0 rings (SSSR count). The Morgan fingerprint density at radius 1 is 1.00 bits per heavy atom. The van der Waals surface area contributed by atoms with Gasteiger partial charge in [-0.05, 0) is 0 Å². The molecule has 0 N–H and O–H groups in total.